The number of hydrogen-bond acceptors (Lipinski definition) is 4. The standard InChI is InChI=1S/C24H22BrClN2O3/c1-15-4-7-17(8-5-15)14-31-23-12-20(25)19(11-22(23)30-3)13-27-28-24(29)18-9-6-16(2)21(26)10-18/h4-13H,14H2,1-3H3,(H,28,29)/b27-13-. The molecule has 0 spiro atoms. The Morgan fingerprint density at radius 3 is 2.52 bits per heavy atom. The maximum absolute atomic E-state index is 12.3. The molecule has 1 N–H and O–H groups in total. The fourth-order valence-electron chi connectivity index (χ4n) is 2.73. The van der Waals surface area contributed by atoms with Gasteiger partial charge in [-0.25, -0.2) is 5.43 Å². The van der Waals surface area contributed by atoms with Gasteiger partial charge in [0, 0.05) is 20.6 Å². The van der Waals surface area contributed by atoms with Gasteiger partial charge >= 0.3 is 0 Å². The molecule has 0 bridgehead atoms. The summed E-state index contributed by atoms with van der Waals surface area (Å²) in [6.45, 7) is 4.34. The third-order valence-corrected chi connectivity index (χ3v) is 5.70. The van der Waals surface area contributed by atoms with Crippen molar-refractivity contribution >= 4 is 39.7 Å². The topological polar surface area (TPSA) is 59.9 Å². The van der Waals surface area contributed by atoms with Crippen molar-refractivity contribution in [3.63, 3.8) is 0 Å². The van der Waals surface area contributed by atoms with Gasteiger partial charge < -0.3 is 9.47 Å². The molecule has 0 aliphatic rings. The van der Waals surface area contributed by atoms with Crippen LogP contribution in [0, 0.1) is 13.8 Å². The minimum absolute atomic E-state index is 0.348. The van der Waals surface area contributed by atoms with Crippen LogP contribution in [0.15, 0.2) is 64.2 Å². The highest BCUT2D eigenvalue weighted by atomic mass is 79.9. The van der Waals surface area contributed by atoms with Crippen molar-refractivity contribution in [2.24, 2.45) is 5.10 Å². The number of nitrogens with one attached hydrogen (secondary N) is 1. The van der Waals surface area contributed by atoms with E-state index in [-0.39, 0.29) is 5.91 Å². The zero-order chi connectivity index (χ0) is 22.4. The van der Waals surface area contributed by atoms with E-state index in [1.54, 1.807) is 31.4 Å². The number of halogens is 2. The van der Waals surface area contributed by atoms with Gasteiger partial charge in [-0.15, -0.1) is 0 Å². The molecule has 7 heteroatoms. The third kappa shape index (κ3) is 6.09. The van der Waals surface area contributed by atoms with Gasteiger partial charge in [-0.3, -0.25) is 4.79 Å². The molecule has 5 nitrogen and oxygen atoms in total. The molecule has 3 aromatic carbocycles. The van der Waals surface area contributed by atoms with E-state index in [2.05, 4.69) is 26.5 Å². The molecule has 0 aromatic heterocycles. The second kappa shape index (κ2) is 10.5. The first-order valence-corrected chi connectivity index (χ1v) is 10.7. The largest absolute Gasteiger partial charge is 0.493 e. The first-order valence-electron chi connectivity index (χ1n) is 9.53. The van der Waals surface area contributed by atoms with Gasteiger partial charge in [-0.1, -0.05) is 47.5 Å². The van der Waals surface area contributed by atoms with E-state index in [0.29, 0.717) is 28.7 Å². The summed E-state index contributed by atoms with van der Waals surface area (Å²) in [6, 6.07) is 16.9. The van der Waals surface area contributed by atoms with Crippen LogP contribution in [0.25, 0.3) is 0 Å². The van der Waals surface area contributed by atoms with Crippen LogP contribution in [0.4, 0.5) is 0 Å². The lowest BCUT2D eigenvalue weighted by atomic mass is 10.1. The Morgan fingerprint density at radius 2 is 1.84 bits per heavy atom. The van der Waals surface area contributed by atoms with Crippen LogP contribution in [-0.4, -0.2) is 19.2 Å². The van der Waals surface area contributed by atoms with E-state index in [1.807, 2.05) is 44.2 Å². The first-order chi connectivity index (χ1) is 14.9. The number of nitrogens with zero attached hydrogens (tertiary/aromatic N) is 1. The molecule has 31 heavy (non-hydrogen) atoms. The SMILES string of the molecule is COc1cc(/C=N\NC(=O)c2ccc(C)c(Cl)c2)c(Br)cc1OCc1ccc(C)cc1. The number of benzene rings is 3. The monoisotopic (exact) mass is 500 g/mol. The second-order valence-corrected chi connectivity index (χ2v) is 8.22. The summed E-state index contributed by atoms with van der Waals surface area (Å²) >= 11 is 9.60. The number of carbonyl (C=O) groups excluding carboxylic acids is 1. The number of hydrazone groups is 1. The van der Waals surface area contributed by atoms with Gasteiger partial charge in [-0.05, 0) is 65.2 Å². The molecule has 0 atom stereocenters. The molecule has 0 saturated heterocycles. The van der Waals surface area contributed by atoms with Gasteiger partial charge in [0.1, 0.15) is 6.61 Å². The zero-order valence-corrected chi connectivity index (χ0v) is 19.8. The number of amides is 1. The number of rotatable bonds is 7. The maximum atomic E-state index is 12.3. The van der Waals surface area contributed by atoms with Crippen molar-refractivity contribution in [2.45, 2.75) is 20.5 Å². The Hall–Kier alpha value is -2.83. The number of aryl methyl sites for hydroxylation is 2. The van der Waals surface area contributed by atoms with E-state index in [0.717, 1.165) is 21.2 Å². The van der Waals surface area contributed by atoms with Crippen molar-refractivity contribution in [1.82, 2.24) is 5.43 Å². The van der Waals surface area contributed by atoms with Crippen LogP contribution in [0.5, 0.6) is 11.5 Å². The lowest BCUT2D eigenvalue weighted by molar-refractivity contribution is 0.0955. The zero-order valence-electron chi connectivity index (χ0n) is 17.4. The predicted octanol–water partition coefficient (Wildman–Crippen LogP) is 6.07. The molecule has 0 heterocycles. The summed E-state index contributed by atoms with van der Waals surface area (Å²) in [7, 11) is 1.58. The van der Waals surface area contributed by atoms with Crippen LogP contribution in [0.2, 0.25) is 5.02 Å². The van der Waals surface area contributed by atoms with Crippen molar-refractivity contribution in [3.05, 3.63) is 91.9 Å². The molecule has 160 valence electrons. The van der Waals surface area contributed by atoms with Gasteiger partial charge in [0.2, 0.25) is 0 Å². The number of ether oxygens (including phenoxy) is 2. The lowest BCUT2D eigenvalue weighted by Gasteiger charge is -2.13. The van der Waals surface area contributed by atoms with E-state index in [4.69, 9.17) is 21.1 Å². The average molecular weight is 502 g/mol. The highest BCUT2D eigenvalue weighted by Crippen LogP contribution is 2.33. The minimum Gasteiger partial charge on any atom is -0.493 e. The first kappa shape index (κ1) is 22.8. The quantitative estimate of drug-likeness (QED) is 0.316. The van der Waals surface area contributed by atoms with Crippen LogP contribution in [-0.2, 0) is 6.61 Å². The fraction of sp³-hybridized carbons (Fsp3) is 0.167. The van der Waals surface area contributed by atoms with Crippen molar-refractivity contribution < 1.29 is 14.3 Å². The predicted molar refractivity (Wildman–Crippen MR) is 127 cm³/mol. The van der Waals surface area contributed by atoms with E-state index in [1.165, 1.54) is 11.8 Å². The smallest absolute Gasteiger partial charge is 0.271 e. The van der Waals surface area contributed by atoms with Gasteiger partial charge in [0.05, 0.1) is 13.3 Å². The molecule has 0 radical (unpaired) electrons. The molecule has 0 fully saturated rings. The molecule has 1 amide bonds. The van der Waals surface area contributed by atoms with Crippen LogP contribution in [0.3, 0.4) is 0 Å². The molecule has 3 rings (SSSR count). The van der Waals surface area contributed by atoms with Crippen LogP contribution >= 0.6 is 27.5 Å². The Morgan fingerprint density at radius 1 is 1.10 bits per heavy atom. The molecule has 0 aliphatic carbocycles. The average Bonchev–Trinajstić information content (AvgIpc) is 2.76. The fourth-order valence-corrected chi connectivity index (χ4v) is 3.33. The van der Waals surface area contributed by atoms with Crippen molar-refractivity contribution in [3.8, 4) is 11.5 Å². The third-order valence-electron chi connectivity index (χ3n) is 4.60. The summed E-state index contributed by atoms with van der Waals surface area (Å²) in [5.74, 6) is 0.818. The van der Waals surface area contributed by atoms with Crippen molar-refractivity contribution in [1.29, 1.82) is 0 Å². The molecule has 3 aromatic rings. The van der Waals surface area contributed by atoms with Crippen LogP contribution < -0.4 is 14.9 Å². The summed E-state index contributed by atoms with van der Waals surface area (Å²) in [5.41, 5.74) is 6.83. The molecule has 0 unspecified atom stereocenters. The lowest BCUT2D eigenvalue weighted by Crippen LogP contribution is -2.17. The van der Waals surface area contributed by atoms with E-state index >= 15 is 0 Å². The van der Waals surface area contributed by atoms with Gasteiger partial charge in [0.25, 0.3) is 5.91 Å². The molecule has 0 saturated carbocycles. The summed E-state index contributed by atoms with van der Waals surface area (Å²) in [5, 5.41) is 4.58. The van der Waals surface area contributed by atoms with E-state index in [9.17, 15) is 4.79 Å². The highest BCUT2D eigenvalue weighted by Gasteiger charge is 2.11. The summed E-state index contributed by atoms with van der Waals surface area (Å²) in [6.07, 6.45) is 1.53. The number of hydrogen-bond donors (Lipinski definition) is 1. The molecular formula is C24H22BrClN2O3. The Labute approximate surface area is 195 Å². The normalized spacial score (nSPS) is 10.9. The van der Waals surface area contributed by atoms with Crippen LogP contribution in [0.1, 0.15) is 32.6 Å². The van der Waals surface area contributed by atoms with Gasteiger partial charge in [0.15, 0.2) is 11.5 Å². The van der Waals surface area contributed by atoms with E-state index < -0.39 is 0 Å². The Bertz CT molecular complexity index is 1110. The summed E-state index contributed by atoms with van der Waals surface area (Å²) in [4.78, 5) is 12.3. The summed E-state index contributed by atoms with van der Waals surface area (Å²) < 4.78 is 12.1. The van der Waals surface area contributed by atoms with Gasteiger partial charge in [-0.2, -0.15) is 5.10 Å². The highest BCUT2D eigenvalue weighted by molar-refractivity contribution is 9.10. The minimum atomic E-state index is -0.348. The molecule has 0 aliphatic heterocycles. The molecular weight excluding hydrogens is 480 g/mol. The maximum Gasteiger partial charge on any atom is 0.271 e. The number of methoxy groups -OCH3 is 1. The number of carbonyl (C=O) groups is 1. The Kier molecular flexibility index (Phi) is 7.71. The van der Waals surface area contributed by atoms with Crippen molar-refractivity contribution in [2.75, 3.05) is 7.11 Å². The Balaban J connectivity index is 1.69. The second-order valence-electron chi connectivity index (χ2n) is 6.96.